The molecule has 1 rings (SSSR count). The lowest BCUT2D eigenvalue weighted by Crippen LogP contribution is -2.49. The Labute approximate surface area is 186 Å². The Morgan fingerprint density at radius 2 is 1.52 bits per heavy atom. The van der Waals surface area contributed by atoms with Gasteiger partial charge in [-0.2, -0.15) is 0 Å². The van der Waals surface area contributed by atoms with Crippen LogP contribution in [0.5, 0.6) is 5.75 Å². The summed E-state index contributed by atoms with van der Waals surface area (Å²) in [6.45, 7) is 17.8. The molecule has 0 aromatic heterocycles. The van der Waals surface area contributed by atoms with Gasteiger partial charge in [0.15, 0.2) is 0 Å². The maximum atomic E-state index is 12.6. The third-order valence-corrected chi connectivity index (χ3v) is 3.92. The molecule has 0 aliphatic rings. The molecule has 0 atom stereocenters. The Morgan fingerprint density at radius 3 is 2.00 bits per heavy atom. The van der Waals surface area contributed by atoms with Gasteiger partial charge in [-0.25, -0.2) is 9.59 Å². The number of nitrogens with one attached hydrogen (secondary N) is 2. The third-order valence-electron chi connectivity index (χ3n) is 3.92. The Hall–Kier alpha value is -2.64. The number of anilines is 2. The Bertz CT molecular complexity index is 758. The molecule has 0 saturated heterocycles. The van der Waals surface area contributed by atoms with E-state index in [1.165, 1.54) is 7.11 Å². The monoisotopic (exact) mass is 437 g/mol. The van der Waals surface area contributed by atoms with Gasteiger partial charge in [-0.3, -0.25) is 5.32 Å². The third kappa shape index (κ3) is 9.81. The SMILES string of the molecule is COc1ccc(NCCN(C(=O)OC(C)(C)C)C(C)(C)C)cc1NC(=O)OC(C)(C)C. The van der Waals surface area contributed by atoms with Crippen molar-refractivity contribution in [3.63, 3.8) is 0 Å². The minimum Gasteiger partial charge on any atom is -0.495 e. The molecule has 0 unspecified atom stereocenters. The first-order valence-corrected chi connectivity index (χ1v) is 10.4. The summed E-state index contributed by atoms with van der Waals surface area (Å²) in [4.78, 5) is 26.5. The van der Waals surface area contributed by atoms with Gasteiger partial charge in [-0.05, 0) is 80.5 Å². The topological polar surface area (TPSA) is 89.1 Å². The molecule has 1 aromatic rings. The van der Waals surface area contributed by atoms with Crippen LogP contribution in [-0.4, -0.2) is 54.0 Å². The average Bonchev–Trinajstić information content (AvgIpc) is 2.54. The minimum absolute atomic E-state index is 0.358. The fourth-order valence-electron chi connectivity index (χ4n) is 2.66. The standard InChI is InChI=1S/C23H39N3O5/c1-21(2,3)26(20(28)31-23(7,8)9)14-13-24-16-11-12-18(29-10)17(15-16)25-19(27)30-22(4,5)6/h11-12,15,24H,13-14H2,1-10H3,(H,25,27). The van der Waals surface area contributed by atoms with E-state index in [1.807, 2.05) is 47.6 Å². The highest BCUT2D eigenvalue weighted by Crippen LogP contribution is 2.28. The van der Waals surface area contributed by atoms with Crippen LogP contribution in [0.4, 0.5) is 21.0 Å². The molecule has 0 aliphatic carbocycles. The summed E-state index contributed by atoms with van der Waals surface area (Å²) in [7, 11) is 1.53. The first-order chi connectivity index (χ1) is 14.0. The van der Waals surface area contributed by atoms with E-state index < -0.39 is 22.8 Å². The summed E-state index contributed by atoms with van der Waals surface area (Å²) in [5, 5.41) is 6.00. The van der Waals surface area contributed by atoms with Crippen LogP contribution in [0, 0.1) is 0 Å². The number of hydrogen-bond donors (Lipinski definition) is 2. The van der Waals surface area contributed by atoms with Crippen molar-refractivity contribution in [2.75, 3.05) is 30.8 Å². The zero-order chi connectivity index (χ0) is 24.0. The van der Waals surface area contributed by atoms with E-state index >= 15 is 0 Å². The van der Waals surface area contributed by atoms with Gasteiger partial charge in [0.05, 0.1) is 12.8 Å². The van der Waals surface area contributed by atoms with Crippen molar-refractivity contribution in [2.24, 2.45) is 0 Å². The summed E-state index contributed by atoms with van der Waals surface area (Å²) in [6.07, 6.45) is -0.921. The molecule has 0 aliphatic heterocycles. The van der Waals surface area contributed by atoms with E-state index in [0.717, 1.165) is 5.69 Å². The summed E-state index contributed by atoms with van der Waals surface area (Å²) >= 11 is 0. The van der Waals surface area contributed by atoms with Crippen molar-refractivity contribution >= 4 is 23.6 Å². The minimum atomic E-state index is -0.606. The van der Waals surface area contributed by atoms with E-state index in [-0.39, 0.29) is 6.09 Å². The Kier molecular flexibility index (Phi) is 8.61. The molecule has 176 valence electrons. The van der Waals surface area contributed by atoms with Gasteiger partial charge in [-0.15, -0.1) is 0 Å². The number of nitrogens with zero attached hydrogens (tertiary/aromatic N) is 1. The largest absolute Gasteiger partial charge is 0.495 e. The maximum Gasteiger partial charge on any atom is 0.412 e. The highest BCUT2D eigenvalue weighted by molar-refractivity contribution is 5.88. The van der Waals surface area contributed by atoms with E-state index in [1.54, 1.807) is 37.8 Å². The molecule has 2 N–H and O–H groups in total. The quantitative estimate of drug-likeness (QED) is 0.612. The van der Waals surface area contributed by atoms with Gasteiger partial charge in [0.1, 0.15) is 17.0 Å². The second-order valence-electron chi connectivity index (χ2n) is 10.3. The van der Waals surface area contributed by atoms with Crippen LogP contribution in [0.1, 0.15) is 62.3 Å². The molecule has 0 saturated carbocycles. The molecule has 8 heteroatoms. The van der Waals surface area contributed by atoms with Crippen molar-refractivity contribution in [3.8, 4) is 5.75 Å². The van der Waals surface area contributed by atoms with Crippen LogP contribution in [0.3, 0.4) is 0 Å². The number of hydrogen-bond acceptors (Lipinski definition) is 6. The Balaban J connectivity index is 2.85. The van der Waals surface area contributed by atoms with Crippen LogP contribution in [-0.2, 0) is 9.47 Å². The molecule has 8 nitrogen and oxygen atoms in total. The van der Waals surface area contributed by atoms with Crippen molar-refractivity contribution in [2.45, 2.75) is 79.1 Å². The van der Waals surface area contributed by atoms with Gasteiger partial charge < -0.3 is 24.4 Å². The first kappa shape index (κ1) is 26.4. The summed E-state index contributed by atoms with van der Waals surface area (Å²) < 4.78 is 16.2. The van der Waals surface area contributed by atoms with Crippen LogP contribution in [0.25, 0.3) is 0 Å². The van der Waals surface area contributed by atoms with Crippen molar-refractivity contribution in [1.82, 2.24) is 4.90 Å². The number of ether oxygens (including phenoxy) is 3. The van der Waals surface area contributed by atoms with Crippen LogP contribution in [0.2, 0.25) is 0 Å². The zero-order valence-electron chi connectivity index (χ0n) is 20.6. The highest BCUT2D eigenvalue weighted by Gasteiger charge is 2.30. The van der Waals surface area contributed by atoms with Crippen molar-refractivity contribution < 1.29 is 23.8 Å². The van der Waals surface area contributed by atoms with Crippen LogP contribution >= 0.6 is 0 Å². The van der Waals surface area contributed by atoms with E-state index in [4.69, 9.17) is 14.2 Å². The van der Waals surface area contributed by atoms with Crippen LogP contribution in [0.15, 0.2) is 18.2 Å². The zero-order valence-corrected chi connectivity index (χ0v) is 20.6. The number of carbonyl (C=O) groups excluding carboxylic acids is 2. The molecular formula is C23H39N3O5. The Morgan fingerprint density at radius 1 is 0.935 bits per heavy atom. The molecule has 1 aromatic carbocycles. The first-order valence-electron chi connectivity index (χ1n) is 10.4. The number of methoxy groups -OCH3 is 1. The van der Waals surface area contributed by atoms with Gasteiger partial charge in [0.25, 0.3) is 0 Å². The average molecular weight is 438 g/mol. The predicted octanol–water partition coefficient (Wildman–Crippen LogP) is 5.49. The molecule has 0 heterocycles. The fraction of sp³-hybridized carbons (Fsp3) is 0.652. The summed E-state index contributed by atoms with van der Waals surface area (Å²) in [5.74, 6) is 0.515. The van der Waals surface area contributed by atoms with Gasteiger partial charge in [0.2, 0.25) is 0 Å². The predicted molar refractivity (Wildman–Crippen MR) is 124 cm³/mol. The van der Waals surface area contributed by atoms with E-state index in [9.17, 15) is 9.59 Å². The number of amides is 2. The number of carbonyl (C=O) groups is 2. The second kappa shape index (κ2) is 10.1. The number of benzene rings is 1. The normalized spacial score (nSPS) is 12.1. The summed E-state index contributed by atoms with van der Waals surface area (Å²) in [5.41, 5.74) is -0.309. The van der Waals surface area contributed by atoms with E-state index in [2.05, 4.69) is 10.6 Å². The maximum absolute atomic E-state index is 12.6. The second-order valence-corrected chi connectivity index (χ2v) is 10.3. The molecule has 0 radical (unpaired) electrons. The lowest BCUT2D eigenvalue weighted by molar-refractivity contribution is 0.00746. The fourth-order valence-corrected chi connectivity index (χ4v) is 2.66. The van der Waals surface area contributed by atoms with Gasteiger partial charge in [-0.1, -0.05) is 0 Å². The molecule has 0 spiro atoms. The molecular weight excluding hydrogens is 398 g/mol. The van der Waals surface area contributed by atoms with Crippen molar-refractivity contribution in [3.05, 3.63) is 18.2 Å². The lowest BCUT2D eigenvalue weighted by atomic mass is 10.1. The van der Waals surface area contributed by atoms with Gasteiger partial charge in [0, 0.05) is 24.3 Å². The highest BCUT2D eigenvalue weighted by atomic mass is 16.6. The van der Waals surface area contributed by atoms with E-state index in [0.29, 0.717) is 24.5 Å². The van der Waals surface area contributed by atoms with Crippen LogP contribution < -0.4 is 15.4 Å². The summed E-state index contributed by atoms with van der Waals surface area (Å²) in [6, 6.07) is 5.36. The number of rotatable bonds is 6. The molecule has 0 fully saturated rings. The smallest absolute Gasteiger partial charge is 0.412 e. The molecule has 0 bridgehead atoms. The van der Waals surface area contributed by atoms with Crippen molar-refractivity contribution in [1.29, 1.82) is 0 Å². The molecule has 2 amide bonds. The lowest BCUT2D eigenvalue weighted by Gasteiger charge is -2.37. The van der Waals surface area contributed by atoms with Gasteiger partial charge >= 0.3 is 12.2 Å². The molecule has 31 heavy (non-hydrogen) atoms.